The van der Waals surface area contributed by atoms with Crippen molar-refractivity contribution in [2.75, 3.05) is 0 Å². The molecule has 1 atom stereocenters. The Hall–Kier alpha value is -1.42. The molecule has 1 heterocycles. The molecule has 0 amide bonds. The van der Waals surface area contributed by atoms with Gasteiger partial charge < -0.3 is 0 Å². The van der Waals surface area contributed by atoms with Crippen LogP contribution in [0.5, 0.6) is 0 Å². The molecule has 1 aromatic carbocycles. The molecular formula is C14H16ClN3. The summed E-state index contributed by atoms with van der Waals surface area (Å²) in [6.45, 7) is 0. The number of aromatic nitrogens is 1. The number of hydrogen-bond donors (Lipinski definition) is 2. The molecule has 0 aliphatic carbocycles. The van der Waals surface area contributed by atoms with E-state index in [4.69, 9.17) is 17.4 Å². The van der Waals surface area contributed by atoms with Crippen LogP contribution in [0.25, 0.3) is 0 Å². The maximum atomic E-state index is 5.86. The van der Waals surface area contributed by atoms with Gasteiger partial charge in [0.25, 0.3) is 0 Å². The lowest BCUT2D eigenvalue weighted by atomic mass is 10.0. The molecule has 0 saturated carbocycles. The smallest absolute Gasteiger partial charge is 0.0419 e. The topological polar surface area (TPSA) is 50.9 Å². The van der Waals surface area contributed by atoms with Gasteiger partial charge in [0.15, 0.2) is 0 Å². The van der Waals surface area contributed by atoms with Gasteiger partial charge in [-0.3, -0.25) is 16.3 Å². The first kappa shape index (κ1) is 13.0. The third kappa shape index (κ3) is 3.81. The predicted molar refractivity (Wildman–Crippen MR) is 74.2 cm³/mol. The maximum absolute atomic E-state index is 5.86. The number of pyridine rings is 1. The Morgan fingerprint density at radius 3 is 2.50 bits per heavy atom. The van der Waals surface area contributed by atoms with Gasteiger partial charge in [-0.2, -0.15) is 0 Å². The van der Waals surface area contributed by atoms with Crippen LogP contribution in [-0.4, -0.2) is 11.0 Å². The number of benzene rings is 1. The number of halogens is 1. The summed E-state index contributed by atoms with van der Waals surface area (Å²) >= 11 is 5.86. The van der Waals surface area contributed by atoms with Crippen molar-refractivity contribution >= 4 is 11.6 Å². The third-order valence-electron chi connectivity index (χ3n) is 2.81. The summed E-state index contributed by atoms with van der Waals surface area (Å²) in [5.41, 5.74) is 5.08. The van der Waals surface area contributed by atoms with Crippen molar-refractivity contribution < 1.29 is 0 Å². The van der Waals surface area contributed by atoms with E-state index in [2.05, 4.69) is 10.4 Å². The standard InChI is InChI=1S/C14H16ClN3/c15-12-6-4-11(5-7-12)9-14(18-16)10-13-3-1-2-8-17-13/h1-8,14,18H,9-10,16H2. The zero-order valence-corrected chi connectivity index (χ0v) is 10.8. The molecule has 0 aliphatic heterocycles. The molecule has 0 radical (unpaired) electrons. The molecule has 1 aromatic heterocycles. The van der Waals surface area contributed by atoms with E-state index in [1.165, 1.54) is 5.56 Å². The van der Waals surface area contributed by atoms with Gasteiger partial charge in [-0.25, -0.2) is 0 Å². The molecule has 0 spiro atoms. The van der Waals surface area contributed by atoms with Crippen LogP contribution < -0.4 is 11.3 Å². The van der Waals surface area contributed by atoms with E-state index in [9.17, 15) is 0 Å². The molecule has 3 nitrogen and oxygen atoms in total. The Morgan fingerprint density at radius 2 is 1.89 bits per heavy atom. The normalized spacial score (nSPS) is 12.3. The van der Waals surface area contributed by atoms with E-state index in [0.717, 1.165) is 23.6 Å². The first-order valence-corrected chi connectivity index (χ1v) is 6.26. The fraction of sp³-hybridized carbons (Fsp3) is 0.214. The predicted octanol–water partition coefficient (Wildman–Crippen LogP) is 2.35. The van der Waals surface area contributed by atoms with E-state index in [1.807, 2.05) is 42.5 Å². The highest BCUT2D eigenvalue weighted by atomic mass is 35.5. The molecular weight excluding hydrogens is 246 g/mol. The summed E-state index contributed by atoms with van der Waals surface area (Å²) in [7, 11) is 0. The van der Waals surface area contributed by atoms with Crippen LogP contribution in [0.2, 0.25) is 5.02 Å². The second-order valence-electron chi connectivity index (χ2n) is 4.22. The number of nitrogens with zero attached hydrogens (tertiary/aromatic N) is 1. The molecule has 2 aromatic rings. The highest BCUT2D eigenvalue weighted by Gasteiger charge is 2.09. The van der Waals surface area contributed by atoms with Crippen molar-refractivity contribution in [3.8, 4) is 0 Å². The maximum Gasteiger partial charge on any atom is 0.0419 e. The number of hydrazine groups is 1. The second-order valence-corrected chi connectivity index (χ2v) is 4.66. The molecule has 94 valence electrons. The van der Waals surface area contributed by atoms with E-state index in [-0.39, 0.29) is 6.04 Å². The number of rotatable bonds is 5. The van der Waals surface area contributed by atoms with Gasteiger partial charge in [0.05, 0.1) is 0 Å². The Bertz CT molecular complexity index is 470. The molecule has 2 rings (SSSR count). The van der Waals surface area contributed by atoms with Crippen LogP contribution in [-0.2, 0) is 12.8 Å². The average Bonchev–Trinajstić information content (AvgIpc) is 2.41. The minimum atomic E-state index is 0.168. The van der Waals surface area contributed by atoms with Crippen molar-refractivity contribution in [3.05, 3.63) is 64.9 Å². The lowest BCUT2D eigenvalue weighted by molar-refractivity contribution is 0.517. The Kier molecular flexibility index (Phi) is 4.70. The lowest BCUT2D eigenvalue weighted by Gasteiger charge is -2.15. The first-order valence-electron chi connectivity index (χ1n) is 5.88. The summed E-state index contributed by atoms with van der Waals surface area (Å²) in [6, 6.07) is 13.9. The van der Waals surface area contributed by atoms with Crippen molar-refractivity contribution in [2.45, 2.75) is 18.9 Å². The van der Waals surface area contributed by atoms with Crippen molar-refractivity contribution in [1.82, 2.24) is 10.4 Å². The minimum Gasteiger partial charge on any atom is -0.271 e. The molecule has 0 bridgehead atoms. The van der Waals surface area contributed by atoms with Gasteiger partial charge in [-0.05, 0) is 36.2 Å². The second kappa shape index (κ2) is 6.50. The molecule has 0 fully saturated rings. The average molecular weight is 262 g/mol. The fourth-order valence-electron chi connectivity index (χ4n) is 1.87. The van der Waals surface area contributed by atoms with E-state index in [1.54, 1.807) is 6.20 Å². The van der Waals surface area contributed by atoms with Crippen LogP contribution in [0.4, 0.5) is 0 Å². The fourth-order valence-corrected chi connectivity index (χ4v) is 1.99. The van der Waals surface area contributed by atoms with E-state index in [0.29, 0.717) is 0 Å². The molecule has 0 aliphatic rings. The number of nitrogens with one attached hydrogen (secondary N) is 1. The zero-order valence-electron chi connectivity index (χ0n) is 10.0. The highest BCUT2D eigenvalue weighted by molar-refractivity contribution is 6.30. The van der Waals surface area contributed by atoms with Crippen LogP contribution in [0.15, 0.2) is 48.7 Å². The van der Waals surface area contributed by atoms with Crippen molar-refractivity contribution in [3.63, 3.8) is 0 Å². The molecule has 1 unspecified atom stereocenters. The summed E-state index contributed by atoms with van der Waals surface area (Å²) in [4.78, 5) is 4.31. The summed E-state index contributed by atoms with van der Waals surface area (Å²) in [5.74, 6) is 5.59. The van der Waals surface area contributed by atoms with Crippen LogP contribution in [0, 0.1) is 0 Å². The minimum absolute atomic E-state index is 0.168. The number of nitrogens with two attached hydrogens (primary N) is 1. The van der Waals surface area contributed by atoms with Crippen LogP contribution in [0.1, 0.15) is 11.3 Å². The molecule has 0 saturated heterocycles. The van der Waals surface area contributed by atoms with Crippen molar-refractivity contribution in [1.29, 1.82) is 0 Å². The Morgan fingerprint density at radius 1 is 1.11 bits per heavy atom. The van der Waals surface area contributed by atoms with Crippen LogP contribution >= 0.6 is 11.6 Å². The number of hydrogen-bond acceptors (Lipinski definition) is 3. The van der Waals surface area contributed by atoms with Gasteiger partial charge in [0.1, 0.15) is 0 Å². The van der Waals surface area contributed by atoms with Gasteiger partial charge in [0.2, 0.25) is 0 Å². The Labute approximate surface area is 112 Å². The van der Waals surface area contributed by atoms with Crippen molar-refractivity contribution in [2.24, 2.45) is 5.84 Å². The van der Waals surface area contributed by atoms with E-state index >= 15 is 0 Å². The molecule has 3 N–H and O–H groups in total. The monoisotopic (exact) mass is 261 g/mol. The van der Waals surface area contributed by atoms with Gasteiger partial charge in [-0.15, -0.1) is 0 Å². The lowest BCUT2D eigenvalue weighted by Crippen LogP contribution is -2.38. The van der Waals surface area contributed by atoms with Gasteiger partial charge in [0, 0.05) is 29.4 Å². The van der Waals surface area contributed by atoms with Gasteiger partial charge >= 0.3 is 0 Å². The largest absolute Gasteiger partial charge is 0.271 e. The molecule has 18 heavy (non-hydrogen) atoms. The summed E-state index contributed by atoms with van der Waals surface area (Å²) in [6.07, 6.45) is 3.45. The SMILES string of the molecule is NNC(Cc1ccc(Cl)cc1)Cc1ccccn1. The molecule has 4 heteroatoms. The summed E-state index contributed by atoms with van der Waals surface area (Å²) in [5, 5.41) is 0.751. The van der Waals surface area contributed by atoms with E-state index < -0.39 is 0 Å². The first-order chi connectivity index (χ1) is 8.78. The highest BCUT2D eigenvalue weighted by Crippen LogP contribution is 2.12. The quantitative estimate of drug-likeness (QED) is 0.642. The Balaban J connectivity index is 1.99. The zero-order chi connectivity index (χ0) is 12.8. The summed E-state index contributed by atoms with van der Waals surface area (Å²) < 4.78 is 0. The third-order valence-corrected chi connectivity index (χ3v) is 3.06. The van der Waals surface area contributed by atoms with Gasteiger partial charge in [-0.1, -0.05) is 29.8 Å². The van der Waals surface area contributed by atoms with Crippen LogP contribution in [0.3, 0.4) is 0 Å².